The fraction of sp³-hybridized carbons (Fsp3) is 0.435. The number of anilines is 1. The van der Waals surface area contributed by atoms with Crippen LogP contribution in [-0.2, 0) is 14.8 Å². The van der Waals surface area contributed by atoms with Crippen LogP contribution >= 0.6 is 0 Å². The van der Waals surface area contributed by atoms with Gasteiger partial charge in [0.25, 0.3) is 0 Å². The molecule has 1 heterocycles. The second-order valence-corrected chi connectivity index (χ2v) is 9.77. The van der Waals surface area contributed by atoms with Gasteiger partial charge in [-0.3, -0.25) is 9.69 Å². The number of nitrogens with zero attached hydrogens (tertiary/aromatic N) is 2. The molecule has 7 nitrogen and oxygen atoms in total. The van der Waals surface area contributed by atoms with Crippen molar-refractivity contribution in [3.63, 3.8) is 0 Å². The molecule has 2 aromatic carbocycles. The van der Waals surface area contributed by atoms with Crippen LogP contribution in [0, 0.1) is 13.8 Å². The van der Waals surface area contributed by atoms with Crippen LogP contribution in [0.2, 0.25) is 0 Å². The monoisotopic (exact) mass is 445 g/mol. The molecule has 0 saturated carbocycles. The largest absolute Gasteiger partial charge is 0.494 e. The Morgan fingerprint density at radius 2 is 1.71 bits per heavy atom. The lowest BCUT2D eigenvalue weighted by Gasteiger charge is -2.36. The van der Waals surface area contributed by atoms with Crippen molar-refractivity contribution in [2.75, 3.05) is 38.1 Å². The Labute approximate surface area is 185 Å². The third kappa shape index (κ3) is 5.44. The number of piperazine rings is 1. The quantitative estimate of drug-likeness (QED) is 0.709. The Kier molecular flexibility index (Phi) is 7.35. The summed E-state index contributed by atoms with van der Waals surface area (Å²) in [6.45, 7) is 9.91. The van der Waals surface area contributed by atoms with Crippen LogP contribution < -0.4 is 10.1 Å². The molecule has 1 aliphatic heterocycles. The molecule has 0 bridgehead atoms. The minimum atomic E-state index is -3.57. The Hall–Kier alpha value is -2.42. The van der Waals surface area contributed by atoms with Gasteiger partial charge in [0, 0.05) is 31.9 Å². The molecule has 2 aromatic rings. The average Bonchev–Trinajstić information content (AvgIpc) is 2.76. The Morgan fingerprint density at radius 3 is 2.32 bits per heavy atom. The summed E-state index contributed by atoms with van der Waals surface area (Å²) < 4.78 is 32.8. The van der Waals surface area contributed by atoms with Crippen LogP contribution in [0.15, 0.2) is 47.4 Å². The van der Waals surface area contributed by atoms with E-state index in [0.717, 1.165) is 16.8 Å². The number of benzene rings is 2. The van der Waals surface area contributed by atoms with Crippen LogP contribution in [-0.4, -0.2) is 62.4 Å². The number of carbonyl (C=O) groups excluding carboxylic acids is 1. The summed E-state index contributed by atoms with van der Waals surface area (Å²) in [6.07, 6.45) is 0. The minimum Gasteiger partial charge on any atom is -0.494 e. The van der Waals surface area contributed by atoms with Crippen molar-refractivity contribution >= 4 is 21.6 Å². The maximum Gasteiger partial charge on any atom is 0.243 e. The predicted molar refractivity (Wildman–Crippen MR) is 122 cm³/mol. The maximum absolute atomic E-state index is 13.0. The SMILES string of the molecule is CCOc1ccc(S(=O)(=O)N2CCN(C(C)C(=O)Nc3cc(C)ccc3C)CC2)cc1. The molecule has 0 aromatic heterocycles. The van der Waals surface area contributed by atoms with Gasteiger partial charge in [0.05, 0.1) is 17.5 Å². The van der Waals surface area contributed by atoms with Crippen molar-refractivity contribution in [3.05, 3.63) is 53.6 Å². The van der Waals surface area contributed by atoms with E-state index >= 15 is 0 Å². The van der Waals surface area contributed by atoms with Crippen LogP contribution in [0.1, 0.15) is 25.0 Å². The van der Waals surface area contributed by atoms with Gasteiger partial charge in [-0.15, -0.1) is 0 Å². The zero-order valence-corrected chi connectivity index (χ0v) is 19.4. The molecule has 31 heavy (non-hydrogen) atoms. The van der Waals surface area contributed by atoms with Crippen molar-refractivity contribution in [3.8, 4) is 5.75 Å². The van der Waals surface area contributed by atoms with Crippen molar-refractivity contribution in [2.45, 2.75) is 38.6 Å². The fourth-order valence-electron chi connectivity index (χ4n) is 3.63. The average molecular weight is 446 g/mol. The number of nitrogens with one attached hydrogen (secondary N) is 1. The highest BCUT2D eigenvalue weighted by molar-refractivity contribution is 7.89. The highest BCUT2D eigenvalue weighted by Crippen LogP contribution is 2.22. The van der Waals surface area contributed by atoms with E-state index in [1.165, 1.54) is 4.31 Å². The topological polar surface area (TPSA) is 79.0 Å². The van der Waals surface area contributed by atoms with Gasteiger partial charge >= 0.3 is 0 Å². The molecule has 1 saturated heterocycles. The van der Waals surface area contributed by atoms with E-state index < -0.39 is 10.0 Å². The number of ether oxygens (including phenoxy) is 1. The lowest BCUT2D eigenvalue weighted by Crippen LogP contribution is -2.53. The normalized spacial score (nSPS) is 16.6. The van der Waals surface area contributed by atoms with E-state index in [4.69, 9.17) is 4.74 Å². The minimum absolute atomic E-state index is 0.0866. The zero-order chi connectivity index (χ0) is 22.6. The molecular formula is C23H31N3O4S. The highest BCUT2D eigenvalue weighted by atomic mass is 32.2. The van der Waals surface area contributed by atoms with Gasteiger partial charge in [-0.25, -0.2) is 8.42 Å². The van der Waals surface area contributed by atoms with E-state index in [1.807, 2.05) is 50.8 Å². The van der Waals surface area contributed by atoms with Crippen molar-refractivity contribution in [1.82, 2.24) is 9.21 Å². The Morgan fingerprint density at radius 1 is 1.06 bits per heavy atom. The molecule has 1 N–H and O–H groups in total. The standard InChI is InChI=1S/C23H31N3O4S/c1-5-30-20-8-10-21(11-9-20)31(28,29)26-14-12-25(13-15-26)19(4)23(27)24-22-16-17(2)6-7-18(22)3/h6-11,16,19H,5,12-15H2,1-4H3,(H,24,27). The van der Waals surface area contributed by atoms with Gasteiger partial charge in [0.1, 0.15) is 5.75 Å². The summed E-state index contributed by atoms with van der Waals surface area (Å²) in [5.74, 6) is 0.562. The number of rotatable bonds is 7. The van der Waals surface area contributed by atoms with E-state index in [1.54, 1.807) is 24.3 Å². The number of carbonyl (C=O) groups is 1. The third-order valence-electron chi connectivity index (χ3n) is 5.62. The van der Waals surface area contributed by atoms with Crippen LogP contribution in [0.5, 0.6) is 5.75 Å². The van der Waals surface area contributed by atoms with E-state index in [2.05, 4.69) is 5.32 Å². The summed E-state index contributed by atoms with van der Waals surface area (Å²) in [6, 6.07) is 12.1. The lowest BCUT2D eigenvalue weighted by atomic mass is 10.1. The molecule has 1 fully saturated rings. The lowest BCUT2D eigenvalue weighted by molar-refractivity contribution is -0.121. The third-order valence-corrected chi connectivity index (χ3v) is 7.54. The molecule has 1 unspecified atom stereocenters. The van der Waals surface area contributed by atoms with Gasteiger partial charge in [-0.1, -0.05) is 12.1 Å². The molecule has 0 aliphatic carbocycles. The highest BCUT2D eigenvalue weighted by Gasteiger charge is 2.32. The number of hydrogen-bond acceptors (Lipinski definition) is 5. The Balaban J connectivity index is 1.60. The number of hydrogen-bond donors (Lipinski definition) is 1. The van der Waals surface area contributed by atoms with Gasteiger partial charge in [0.15, 0.2) is 0 Å². The first-order chi connectivity index (χ1) is 14.7. The molecule has 8 heteroatoms. The maximum atomic E-state index is 13.0. The smallest absolute Gasteiger partial charge is 0.243 e. The van der Waals surface area contributed by atoms with Crippen molar-refractivity contribution in [1.29, 1.82) is 0 Å². The summed E-state index contributed by atoms with van der Waals surface area (Å²) in [4.78, 5) is 15.0. The summed E-state index contributed by atoms with van der Waals surface area (Å²) in [5, 5.41) is 3.01. The second kappa shape index (κ2) is 9.80. The number of sulfonamides is 1. The summed E-state index contributed by atoms with van der Waals surface area (Å²) in [7, 11) is -3.57. The first kappa shape index (κ1) is 23.2. The number of amides is 1. The van der Waals surface area contributed by atoms with E-state index in [-0.39, 0.29) is 16.8 Å². The van der Waals surface area contributed by atoms with Crippen LogP contribution in [0.4, 0.5) is 5.69 Å². The van der Waals surface area contributed by atoms with Crippen molar-refractivity contribution < 1.29 is 17.9 Å². The molecule has 1 aliphatic rings. The zero-order valence-electron chi connectivity index (χ0n) is 18.6. The van der Waals surface area contributed by atoms with Gasteiger partial charge in [-0.05, 0) is 69.2 Å². The van der Waals surface area contributed by atoms with Crippen LogP contribution in [0.3, 0.4) is 0 Å². The van der Waals surface area contributed by atoms with E-state index in [9.17, 15) is 13.2 Å². The molecule has 1 atom stereocenters. The fourth-order valence-corrected chi connectivity index (χ4v) is 5.05. The molecule has 0 radical (unpaired) electrons. The number of aryl methyl sites for hydroxylation is 2. The van der Waals surface area contributed by atoms with E-state index in [0.29, 0.717) is 38.5 Å². The molecular weight excluding hydrogens is 414 g/mol. The molecule has 3 rings (SSSR count). The summed E-state index contributed by atoms with van der Waals surface area (Å²) >= 11 is 0. The van der Waals surface area contributed by atoms with Crippen molar-refractivity contribution in [2.24, 2.45) is 0 Å². The predicted octanol–water partition coefficient (Wildman–Crippen LogP) is 3.04. The first-order valence-electron chi connectivity index (χ1n) is 10.6. The Bertz CT molecular complexity index is 1010. The molecule has 168 valence electrons. The van der Waals surface area contributed by atoms with Gasteiger partial charge in [0.2, 0.25) is 15.9 Å². The summed E-state index contributed by atoms with van der Waals surface area (Å²) in [5.41, 5.74) is 2.91. The van der Waals surface area contributed by atoms with Gasteiger partial charge < -0.3 is 10.1 Å². The second-order valence-electron chi connectivity index (χ2n) is 7.83. The molecule has 1 amide bonds. The van der Waals surface area contributed by atoms with Gasteiger partial charge in [-0.2, -0.15) is 4.31 Å². The van der Waals surface area contributed by atoms with Crippen LogP contribution in [0.25, 0.3) is 0 Å². The molecule has 0 spiro atoms. The first-order valence-corrected chi connectivity index (χ1v) is 12.0.